The van der Waals surface area contributed by atoms with Gasteiger partial charge in [-0.05, 0) is 64.3 Å². The summed E-state index contributed by atoms with van der Waals surface area (Å²) in [5.41, 5.74) is 0. The summed E-state index contributed by atoms with van der Waals surface area (Å²) in [4.78, 5) is 27.9. The zero-order chi connectivity index (χ0) is 42.4. The van der Waals surface area contributed by atoms with Crippen molar-refractivity contribution >= 4 is 19.4 Å². The molecule has 0 aromatic rings. The Bertz CT molecular complexity index is 668. The number of nitrogens with one attached hydrogen (secondary N) is 1. The van der Waals surface area contributed by atoms with Crippen LogP contribution in [0.3, 0.4) is 0 Å². The highest BCUT2D eigenvalue weighted by atomic mass is 16.4. The summed E-state index contributed by atoms with van der Waals surface area (Å²) in [6.07, 6.45) is 49.3. The lowest BCUT2D eigenvalue weighted by atomic mass is 9.89. The van der Waals surface area contributed by atoms with Gasteiger partial charge in [-0.1, -0.05) is 227 Å². The van der Waals surface area contributed by atoms with E-state index in [1.165, 1.54) is 238 Å². The number of carbonyl (C=O) groups is 3. The predicted molar refractivity (Wildman–Crippen MR) is 243 cm³/mol. The van der Waals surface area contributed by atoms with Crippen molar-refractivity contribution in [1.29, 1.82) is 0 Å². The number of hydrogen-bond acceptors (Lipinski definition) is 5. The molecule has 8 nitrogen and oxygen atoms in total. The molecule has 1 unspecified atom stereocenters. The lowest BCUT2D eigenvalue weighted by Crippen LogP contribution is -2.29. The van der Waals surface area contributed by atoms with Crippen LogP contribution in [0.15, 0.2) is 0 Å². The second-order valence-electron chi connectivity index (χ2n) is 16.4. The Kier molecular flexibility index (Phi) is 65.4. The minimum absolute atomic E-state index is 0.250. The lowest BCUT2D eigenvalue weighted by molar-refractivity contribution is -0.123. The zero-order valence-electron chi connectivity index (χ0n) is 38.3. The van der Waals surface area contributed by atoms with E-state index in [4.69, 9.17) is 29.7 Å². The van der Waals surface area contributed by atoms with Crippen molar-refractivity contribution in [3.05, 3.63) is 0 Å². The standard InChI is InChI=1S/C45H94N2.3CH2O2/c1-6-9-12-15-20-27-35-44(4)36-28-21-18-25-32-41-47(43-34-40-46-5)42-33-26-19-24-31-39-45(37-29-22-16-13-10-7-2)38-30-23-17-14-11-8-3;3*2-1-3/h44-46H,6-43H2,1-5H3;3*1H,(H,2,3). The first-order valence-corrected chi connectivity index (χ1v) is 24.0. The van der Waals surface area contributed by atoms with Gasteiger partial charge in [0.05, 0.1) is 0 Å². The second kappa shape index (κ2) is 60.0. The molecule has 4 N–H and O–H groups in total. The van der Waals surface area contributed by atoms with Crippen molar-refractivity contribution in [2.45, 2.75) is 246 Å². The minimum atomic E-state index is -0.250. The van der Waals surface area contributed by atoms with Crippen LogP contribution in [-0.2, 0) is 14.4 Å². The maximum atomic E-state index is 8.36. The third-order valence-corrected chi connectivity index (χ3v) is 11.1. The number of nitrogens with zero attached hydrogens (tertiary/aromatic N) is 1. The Morgan fingerprint density at radius 2 is 0.661 bits per heavy atom. The fourth-order valence-corrected chi connectivity index (χ4v) is 7.75. The molecule has 0 rings (SSSR count). The van der Waals surface area contributed by atoms with E-state index in [0.29, 0.717) is 0 Å². The van der Waals surface area contributed by atoms with Crippen molar-refractivity contribution in [2.24, 2.45) is 11.8 Å². The van der Waals surface area contributed by atoms with Gasteiger partial charge in [0.15, 0.2) is 0 Å². The smallest absolute Gasteiger partial charge is 0.290 e. The first-order valence-electron chi connectivity index (χ1n) is 24.0. The first-order chi connectivity index (χ1) is 27.4. The largest absolute Gasteiger partial charge is 0.483 e. The quantitative estimate of drug-likeness (QED) is 0.0356. The molecule has 0 aliphatic carbocycles. The second-order valence-corrected chi connectivity index (χ2v) is 16.4. The lowest BCUT2D eigenvalue weighted by Gasteiger charge is -2.22. The van der Waals surface area contributed by atoms with Crippen LogP contribution in [0.25, 0.3) is 0 Å². The maximum absolute atomic E-state index is 8.36. The van der Waals surface area contributed by atoms with Gasteiger partial charge in [-0.25, -0.2) is 0 Å². The van der Waals surface area contributed by atoms with E-state index in [2.05, 4.69) is 45.0 Å². The van der Waals surface area contributed by atoms with E-state index in [1.807, 2.05) is 0 Å². The monoisotopic (exact) mass is 801 g/mol. The summed E-state index contributed by atoms with van der Waals surface area (Å²) < 4.78 is 0. The summed E-state index contributed by atoms with van der Waals surface area (Å²) in [5.74, 6) is 1.96. The molecule has 0 aliphatic heterocycles. The Morgan fingerprint density at radius 3 is 0.964 bits per heavy atom. The normalized spacial score (nSPS) is 11.2. The molecular formula is C48H100N2O6. The molecule has 0 saturated carbocycles. The van der Waals surface area contributed by atoms with Crippen molar-refractivity contribution in [3.63, 3.8) is 0 Å². The van der Waals surface area contributed by atoms with Gasteiger partial charge >= 0.3 is 0 Å². The predicted octanol–water partition coefficient (Wildman–Crippen LogP) is 14.2. The summed E-state index contributed by atoms with van der Waals surface area (Å²) in [6, 6.07) is 0. The number of hydrogen-bond donors (Lipinski definition) is 4. The molecule has 0 aliphatic rings. The molecule has 0 aromatic heterocycles. The van der Waals surface area contributed by atoms with Crippen LogP contribution in [-0.4, -0.2) is 72.9 Å². The number of carboxylic acid groups (broad SMARTS) is 3. The topological polar surface area (TPSA) is 127 Å². The molecule has 0 bridgehead atoms. The minimum Gasteiger partial charge on any atom is -0.483 e. The Labute approximate surface area is 349 Å². The van der Waals surface area contributed by atoms with Crippen LogP contribution in [0.1, 0.15) is 246 Å². The van der Waals surface area contributed by atoms with Crippen molar-refractivity contribution in [3.8, 4) is 0 Å². The van der Waals surface area contributed by atoms with Crippen LogP contribution >= 0.6 is 0 Å². The molecule has 0 aromatic carbocycles. The van der Waals surface area contributed by atoms with E-state index in [0.717, 1.165) is 18.4 Å². The Morgan fingerprint density at radius 1 is 0.411 bits per heavy atom. The SMILES string of the molecule is CCCCCCCCC(C)CCCCCCCN(CCCCCCCC(CCCCCCCC)CCCCCCCC)CCCNC.O=CO.O=CO.O=CO. The highest BCUT2D eigenvalue weighted by molar-refractivity contribution is 5.33. The van der Waals surface area contributed by atoms with E-state index >= 15 is 0 Å². The van der Waals surface area contributed by atoms with E-state index in [-0.39, 0.29) is 19.4 Å². The molecule has 0 spiro atoms. The van der Waals surface area contributed by atoms with Crippen LogP contribution < -0.4 is 5.32 Å². The van der Waals surface area contributed by atoms with Gasteiger partial charge in [-0.2, -0.15) is 0 Å². The summed E-state index contributed by atoms with van der Waals surface area (Å²) in [6.45, 7) is 13.8. The summed E-state index contributed by atoms with van der Waals surface area (Å²) >= 11 is 0. The number of unbranched alkanes of at least 4 members (excludes halogenated alkanes) is 23. The van der Waals surface area contributed by atoms with Crippen LogP contribution in [0.5, 0.6) is 0 Å². The molecule has 0 saturated heterocycles. The molecule has 56 heavy (non-hydrogen) atoms. The van der Waals surface area contributed by atoms with Gasteiger partial charge in [0.2, 0.25) is 0 Å². The van der Waals surface area contributed by atoms with E-state index < -0.39 is 0 Å². The van der Waals surface area contributed by atoms with Gasteiger partial charge in [0.25, 0.3) is 19.4 Å². The van der Waals surface area contributed by atoms with Gasteiger partial charge in [-0.15, -0.1) is 0 Å². The molecule has 1 atom stereocenters. The van der Waals surface area contributed by atoms with E-state index in [1.54, 1.807) is 0 Å². The maximum Gasteiger partial charge on any atom is 0.290 e. The summed E-state index contributed by atoms with van der Waals surface area (Å²) in [7, 11) is 2.10. The molecule has 0 fully saturated rings. The van der Waals surface area contributed by atoms with Crippen LogP contribution in [0.4, 0.5) is 0 Å². The molecule has 0 amide bonds. The third kappa shape index (κ3) is 61.5. The number of rotatable bonds is 41. The Hall–Kier alpha value is -1.67. The average Bonchev–Trinajstić information content (AvgIpc) is 3.18. The van der Waals surface area contributed by atoms with Gasteiger partial charge < -0.3 is 25.5 Å². The molecule has 0 radical (unpaired) electrons. The average molecular weight is 801 g/mol. The van der Waals surface area contributed by atoms with E-state index in [9.17, 15) is 0 Å². The molecular weight excluding hydrogens is 701 g/mol. The third-order valence-electron chi connectivity index (χ3n) is 11.1. The van der Waals surface area contributed by atoms with Crippen LogP contribution in [0.2, 0.25) is 0 Å². The molecule has 338 valence electrons. The van der Waals surface area contributed by atoms with Gasteiger partial charge in [-0.3, -0.25) is 14.4 Å². The highest BCUT2D eigenvalue weighted by Crippen LogP contribution is 2.25. The van der Waals surface area contributed by atoms with Crippen molar-refractivity contribution in [2.75, 3.05) is 33.2 Å². The Balaban J connectivity index is -0.00000136. The highest BCUT2D eigenvalue weighted by Gasteiger charge is 2.10. The van der Waals surface area contributed by atoms with Gasteiger partial charge in [0.1, 0.15) is 0 Å². The van der Waals surface area contributed by atoms with Crippen molar-refractivity contribution in [1.82, 2.24) is 10.2 Å². The first kappa shape index (κ1) is 61.0. The summed E-state index contributed by atoms with van der Waals surface area (Å²) in [5, 5.41) is 24.0. The van der Waals surface area contributed by atoms with Gasteiger partial charge in [0, 0.05) is 0 Å². The molecule has 0 heterocycles. The fraction of sp³-hybridized carbons (Fsp3) is 0.938. The molecule has 8 heteroatoms. The fourth-order valence-electron chi connectivity index (χ4n) is 7.75. The zero-order valence-corrected chi connectivity index (χ0v) is 38.3. The van der Waals surface area contributed by atoms with Crippen LogP contribution in [0, 0.1) is 11.8 Å². The van der Waals surface area contributed by atoms with Crippen molar-refractivity contribution < 1.29 is 29.7 Å².